The molecule has 131 valence electrons. The number of methoxy groups -OCH3 is 1. The second-order valence-corrected chi connectivity index (χ2v) is 7.27. The molecule has 1 saturated carbocycles. The van der Waals surface area contributed by atoms with Crippen molar-refractivity contribution in [2.45, 2.75) is 38.3 Å². The van der Waals surface area contributed by atoms with Gasteiger partial charge in [0.2, 0.25) is 0 Å². The maximum absolute atomic E-state index is 13.2. The van der Waals surface area contributed by atoms with Gasteiger partial charge < -0.3 is 0 Å². The normalized spacial score (nSPS) is 17.2. The van der Waals surface area contributed by atoms with Gasteiger partial charge in [0.1, 0.15) is 0 Å². The van der Waals surface area contributed by atoms with E-state index in [0.29, 0.717) is 16.8 Å². The fourth-order valence-electron chi connectivity index (χ4n) is 3.00. The number of aryl methyl sites for hydroxylation is 1. The summed E-state index contributed by atoms with van der Waals surface area (Å²) >= 11 is 4.58. The van der Waals surface area contributed by atoms with Gasteiger partial charge in [-0.1, -0.05) is 0 Å². The molecule has 1 aliphatic carbocycles. The van der Waals surface area contributed by atoms with Gasteiger partial charge in [0, 0.05) is 0 Å². The van der Waals surface area contributed by atoms with E-state index in [0.717, 1.165) is 15.0 Å². The molecule has 0 saturated heterocycles. The Kier molecular flexibility index (Phi) is 4.63. The van der Waals surface area contributed by atoms with E-state index in [-0.39, 0.29) is 6.54 Å². The minimum atomic E-state index is -2.80. The molecule has 2 heterocycles. The van der Waals surface area contributed by atoms with Crippen molar-refractivity contribution in [3.63, 3.8) is 0 Å². The summed E-state index contributed by atoms with van der Waals surface area (Å²) in [5, 5.41) is 0.414. The molecule has 3 rings (SSSR count). The van der Waals surface area contributed by atoms with Crippen LogP contribution in [-0.2, 0) is 26.9 Å². The van der Waals surface area contributed by atoms with E-state index in [4.69, 9.17) is 4.74 Å². The number of hydrogen-bond acceptors (Lipinski definition) is 4. The fourth-order valence-corrected chi connectivity index (χ4v) is 4.59. The molecule has 9 heteroatoms. The van der Waals surface area contributed by atoms with Gasteiger partial charge in [-0.2, -0.15) is 0 Å². The first-order valence-electron chi connectivity index (χ1n) is 7.39. The summed E-state index contributed by atoms with van der Waals surface area (Å²) in [7, 11) is 1.52. The fraction of sp³-hybridized carbons (Fsp3) is 0.533. The van der Waals surface area contributed by atoms with Crippen molar-refractivity contribution in [2.24, 2.45) is 0 Å². The average molecular weight is 397 g/mol. The molecule has 0 N–H and O–H groups in total. The quantitative estimate of drug-likeness (QED) is 0.724. The molecule has 0 aromatic carbocycles. The average Bonchev–Trinajstić information content (AvgIpc) is 2.82. The predicted molar refractivity (Wildman–Crippen MR) is 85.3 cm³/mol. The van der Waals surface area contributed by atoms with Crippen LogP contribution in [0.4, 0.5) is 8.78 Å². The Balaban J connectivity index is 2.28. The zero-order chi connectivity index (χ0) is 17.6. The van der Waals surface area contributed by atoms with Crippen molar-refractivity contribution < 1.29 is 29.1 Å². The first-order chi connectivity index (χ1) is 11.3. The predicted octanol–water partition coefficient (Wildman–Crippen LogP) is 1.85. The monoisotopic (exact) mass is 397 g/mol. The summed E-state index contributed by atoms with van der Waals surface area (Å²) in [5.74, 6) is -2.80. The van der Waals surface area contributed by atoms with Crippen LogP contribution >= 0.6 is 11.3 Å². The Morgan fingerprint density at radius 2 is 2.08 bits per heavy atom. The Hall–Kier alpha value is -1.15. The molecule has 2 aromatic heterocycles. The van der Waals surface area contributed by atoms with Gasteiger partial charge in [-0.3, -0.25) is 0 Å². The Labute approximate surface area is 148 Å². The van der Waals surface area contributed by atoms with Crippen molar-refractivity contribution in [1.29, 1.82) is 0 Å². The van der Waals surface area contributed by atoms with Gasteiger partial charge in [-0.25, -0.2) is 0 Å². The van der Waals surface area contributed by atoms with Crippen LogP contribution < -0.4 is 11.2 Å². The number of hydrogen-bond donors (Lipinski definition) is 0. The van der Waals surface area contributed by atoms with E-state index >= 15 is 0 Å². The van der Waals surface area contributed by atoms with Gasteiger partial charge in [0.25, 0.3) is 0 Å². The number of ether oxygens (including phenoxy) is 1. The van der Waals surface area contributed by atoms with E-state index in [1.165, 1.54) is 23.0 Å². The third-order valence-corrected chi connectivity index (χ3v) is 6.15. The number of nitrogens with zero attached hydrogens (tertiary/aromatic N) is 2. The Morgan fingerprint density at radius 3 is 2.62 bits per heavy atom. The molecule has 0 radical (unpaired) electrons. The van der Waals surface area contributed by atoms with E-state index < -0.39 is 36.1 Å². The topological polar surface area (TPSA) is 53.2 Å². The molecule has 0 unspecified atom stereocenters. The van der Waals surface area contributed by atoms with E-state index in [1.807, 2.05) is 0 Å². The second-order valence-electron chi connectivity index (χ2n) is 5.90. The van der Waals surface area contributed by atoms with Crippen molar-refractivity contribution in [1.82, 2.24) is 9.13 Å². The van der Waals surface area contributed by atoms with Gasteiger partial charge in [-0.15, -0.1) is 0 Å². The van der Waals surface area contributed by atoms with Crippen LogP contribution in [0.2, 0.25) is 0 Å². The summed E-state index contributed by atoms with van der Waals surface area (Å²) in [6.07, 6.45) is -0.947. The minimum absolute atomic E-state index is 0.261. The molecule has 24 heavy (non-hydrogen) atoms. The van der Waals surface area contributed by atoms with Crippen molar-refractivity contribution in [3.05, 3.63) is 31.3 Å². The number of rotatable bonds is 5. The summed E-state index contributed by atoms with van der Waals surface area (Å²) in [5.41, 5.74) is -0.297. The van der Waals surface area contributed by atoms with Crippen LogP contribution in [0.15, 0.2) is 9.59 Å². The van der Waals surface area contributed by atoms with Gasteiger partial charge in [0.05, 0.1) is 0 Å². The molecule has 1 aliphatic rings. The molecule has 0 aliphatic heterocycles. The first kappa shape index (κ1) is 17.7. The summed E-state index contributed by atoms with van der Waals surface area (Å²) < 4.78 is 34.0. The number of fused-ring (bicyclic) bond motifs is 1. The Bertz CT molecular complexity index is 923. The molecule has 0 bridgehead atoms. The number of halogens is 2. The number of thiophene rings is 1. The SMILES string of the molecule is COCCn1c(=O)n(C2CC(F)(F)C2)c(=O)c2c(C)c([CH]=[Mn])sc21. The van der Waals surface area contributed by atoms with Crippen LogP contribution in [0.3, 0.4) is 0 Å². The third-order valence-electron chi connectivity index (χ3n) is 4.33. The molecule has 0 spiro atoms. The van der Waals surface area contributed by atoms with Gasteiger partial charge in [-0.05, 0) is 0 Å². The van der Waals surface area contributed by atoms with Crippen LogP contribution in [0, 0.1) is 6.92 Å². The number of aromatic nitrogens is 2. The van der Waals surface area contributed by atoms with Crippen molar-refractivity contribution in [2.75, 3.05) is 13.7 Å². The van der Waals surface area contributed by atoms with Gasteiger partial charge in [0.15, 0.2) is 0 Å². The van der Waals surface area contributed by atoms with Crippen molar-refractivity contribution in [3.8, 4) is 0 Å². The van der Waals surface area contributed by atoms with Crippen LogP contribution in [0.25, 0.3) is 10.2 Å². The summed E-state index contributed by atoms with van der Waals surface area (Å²) in [6, 6.07) is -0.756. The third kappa shape index (κ3) is 2.73. The summed E-state index contributed by atoms with van der Waals surface area (Å²) in [4.78, 5) is 28.7. The molecule has 5 nitrogen and oxygen atoms in total. The second kappa shape index (κ2) is 6.29. The van der Waals surface area contributed by atoms with Crippen LogP contribution in [-0.4, -0.2) is 33.7 Å². The molecule has 0 amide bonds. The molecule has 0 atom stereocenters. The van der Waals surface area contributed by atoms with Crippen LogP contribution in [0.1, 0.15) is 29.3 Å². The van der Waals surface area contributed by atoms with Crippen molar-refractivity contribution >= 4 is 26.5 Å². The Morgan fingerprint density at radius 1 is 1.42 bits per heavy atom. The number of alkyl halides is 2. The van der Waals surface area contributed by atoms with Crippen LogP contribution in [0.5, 0.6) is 0 Å². The molecule has 2 aromatic rings. The van der Waals surface area contributed by atoms with E-state index in [2.05, 4.69) is 15.6 Å². The zero-order valence-corrected chi connectivity index (χ0v) is 15.1. The zero-order valence-electron chi connectivity index (χ0n) is 13.1. The maximum atomic E-state index is 13.2. The molecule has 1 fully saturated rings. The molecular formula is C15H16F2MnN2O3S. The molecular weight excluding hydrogens is 381 g/mol. The first-order valence-corrected chi connectivity index (χ1v) is 8.89. The standard InChI is InChI=1S/C15H16F2N2O3S.Mn/c1-8-9(2)23-13-11(8)12(20)19(10-6-15(16,17)7-10)14(21)18(13)4-5-22-3;/h2,10H,4-7H2,1,3H3;. The summed E-state index contributed by atoms with van der Waals surface area (Å²) in [6.45, 7) is 2.34. The van der Waals surface area contributed by atoms with E-state index in [9.17, 15) is 18.4 Å². The van der Waals surface area contributed by atoms with Gasteiger partial charge >= 0.3 is 148 Å². The van der Waals surface area contributed by atoms with E-state index in [1.54, 1.807) is 11.8 Å².